The van der Waals surface area contributed by atoms with Crippen molar-refractivity contribution in [2.75, 3.05) is 0 Å². The molecule has 0 aliphatic heterocycles. The van der Waals surface area contributed by atoms with Crippen LogP contribution in [0, 0.1) is 6.92 Å². The molecule has 5 nitrogen and oxygen atoms in total. The predicted octanol–water partition coefficient (Wildman–Crippen LogP) is 3.82. The van der Waals surface area contributed by atoms with E-state index in [9.17, 15) is 9.59 Å². The molecule has 126 valence electrons. The van der Waals surface area contributed by atoms with Crippen LogP contribution in [-0.4, -0.2) is 22.0 Å². The van der Waals surface area contributed by atoms with E-state index in [1.165, 1.54) is 0 Å². The number of aryl methyl sites for hydroxylation is 1. The van der Waals surface area contributed by atoms with E-state index < -0.39 is 5.97 Å². The van der Waals surface area contributed by atoms with Gasteiger partial charge < -0.3 is 10.4 Å². The molecule has 0 aliphatic carbocycles. The average Bonchev–Trinajstić information content (AvgIpc) is 2.95. The summed E-state index contributed by atoms with van der Waals surface area (Å²) in [6.45, 7) is 3.47. The summed E-state index contributed by atoms with van der Waals surface area (Å²) < 4.78 is 0. The van der Waals surface area contributed by atoms with Crippen molar-refractivity contribution in [3.05, 3.63) is 57.6 Å². The molecule has 1 heterocycles. The van der Waals surface area contributed by atoms with Gasteiger partial charge in [-0.15, -0.1) is 11.3 Å². The van der Waals surface area contributed by atoms with Gasteiger partial charge in [-0.05, 0) is 25.8 Å². The van der Waals surface area contributed by atoms with Crippen molar-refractivity contribution in [2.24, 2.45) is 0 Å². The lowest BCUT2D eigenvalue weighted by molar-refractivity contribution is -0.121. The van der Waals surface area contributed by atoms with Gasteiger partial charge in [-0.3, -0.25) is 4.79 Å². The molecule has 0 fully saturated rings. The number of amides is 1. The first-order valence-corrected chi connectivity index (χ1v) is 8.50. The molecule has 2 rings (SSSR count). The molecule has 0 aliphatic rings. The molecule has 1 aromatic carbocycles. The van der Waals surface area contributed by atoms with Crippen LogP contribution in [0.15, 0.2) is 36.4 Å². The zero-order valence-corrected chi connectivity index (χ0v) is 14.5. The number of carboxylic acids is 1. The maximum atomic E-state index is 12.0. The number of aromatic carboxylic acids is 1. The first kappa shape index (κ1) is 17.9. The number of rotatable bonds is 7. The third-order valence-electron chi connectivity index (χ3n) is 3.40. The van der Waals surface area contributed by atoms with Crippen LogP contribution >= 0.6 is 11.3 Å². The number of hydrogen-bond donors (Lipinski definition) is 2. The number of hydrogen-bond acceptors (Lipinski definition) is 4. The Balaban J connectivity index is 1.82. The minimum atomic E-state index is -0.985. The van der Waals surface area contributed by atoms with Crippen LogP contribution in [0.4, 0.5) is 0 Å². The highest BCUT2D eigenvalue weighted by molar-refractivity contribution is 7.13. The van der Waals surface area contributed by atoms with Gasteiger partial charge in [-0.2, -0.15) is 0 Å². The Kier molecular flexibility index (Phi) is 6.26. The summed E-state index contributed by atoms with van der Waals surface area (Å²) >= 11 is 1.10. The molecule has 1 amide bonds. The van der Waals surface area contributed by atoms with E-state index in [0.29, 0.717) is 23.5 Å². The van der Waals surface area contributed by atoms with E-state index in [2.05, 4.69) is 10.3 Å². The molecular formula is C18H20N2O3S. The van der Waals surface area contributed by atoms with Gasteiger partial charge in [0.25, 0.3) is 0 Å². The Bertz CT molecular complexity index is 738. The lowest BCUT2D eigenvalue weighted by Crippen LogP contribution is -2.26. The standard InChI is InChI=1S/C18H20N2O3S/c1-12-16(18(22)23)24-17(20-12)13(2)19-15(21)11-7-6-10-14-8-4-3-5-9-14/h3-6,8-10,13H,7,11H2,1-2H3,(H,19,21)(H,22,23)/b10-6+. The fraction of sp³-hybridized carbons (Fsp3) is 0.278. The number of nitrogens with zero attached hydrogens (tertiary/aromatic N) is 1. The van der Waals surface area contributed by atoms with Crippen molar-refractivity contribution in [2.45, 2.75) is 32.7 Å². The number of carbonyl (C=O) groups is 2. The lowest BCUT2D eigenvalue weighted by atomic mass is 10.2. The highest BCUT2D eigenvalue weighted by Gasteiger charge is 2.18. The molecule has 0 saturated heterocycles. The Hall–Kier alpha value is -2.47. The quantitative estimate of drug-likeness (QED) is 0.800. The Morgan fingerprint density at radius 2 is 2.04 bits per heavy atom. The van der Waals surface area contributed by atoms with E-state index in [4.69, 9.17) is 5.11 Å². The molecular weight excluding hydrogens is 324 g/mol. The summed E-state index contributed by atoms with van der Waals surface area (Å²) in [6.07, 6.45) is 4.98. The van der Waals surface area contributed by atoms with E-state index in [1.54, 1.807) is 6.92 Å². The van der Waals surface area contributed by atoms with Gasteiger partial charge in [0.15, 0.2) is 0 Å². The minimum Gasteiger partial charge on any atom is -0.477 e. The maximum Gasteiger partial charge on any atom is 0.347 e. The number of carbonyl (C=O) groups excluding carboxylic acids is 1. The zero-order chi connectivity index (χ0) is 17.5. The largest absolute Gasteiger partial charge is 0.477 e. The third-order valence-corrected chi connectivity index (χ3v) is 4.73. The SMILES string of the molecule is Cc1nc(C(C)NC(=O)CC/C=C/c2ccccc2)sc1C(=O)O. The second-order valence-electron chi connectivity index (χ2n) is 5.41. The lowest BCUT2D eigenvalue weighted by Gasteiger charge is -2.10. The molecule has 2 aromatic rings. The monoisotopic (exact) mass is 344 g/mol. The van der Waals surface area contributed by atoms with Crippen LogP contribution in [-0.2, 0) is 4.79 Å². The predicted molar refractivity (Wildman–Crippen MR) is 95.1 cm³/mol. The van der Waals surface area contributed by atoms with Crippen LogP contribution < -0.4 is 5.32 Å². The van der Waals surface area contributed by atoms with Crippen molar-refractivity contribution < 1.29 is 14.7 Å². The molecule has 2 N–H and O–H groups in total. The summed E-state index contributed by atoms with van der Waals surface area (Å²) in [6, 6.07) is 9.60. The molecule has 1 unspecified atom stereocenters. The van der Waals surface area contributed by atoms with Gasteiger partial charge in [0.1, 0.15) is 9.88 Å². The first-order valence-electron chi connectivity index (χ1n) is 7.69. The topological polar surface area (TPSA) is 79.3 Å². The second-order valence-corrected chi connectivity index (χ2v) is 6.44. The number of thiazole rings is 1. The normalized spacial score (nSPS) is 12.2. The zero-order valence-electron chi connectivity index (χ0n) is 13.7. The number of carboxylic acid groups (broad SMARTS) is 1. The van der Waals surface area contributed by atoms with Crippen LogP contribution in [0.3, 0.4) is 0 Å². The van der Waals surface area contributed by atoms with Gasteiger partial charge >= 0.3 is 5.97 Å². The van der Waals surface area contributed by atoms with Crippen LogP contribution in [0.2, 0.25) is 0 Å². The van der Waals surface area contributed by atoms with Crippen molar-refractivity contribution in [1.82, 2.24) is 10.3 Å². The summed E-state index contributed by atoms with van der Waals surface area (Å²) in [5, 5.41) is 12.5. The van der Waals surface area contributed by atoms with Gasteiger partial charge in [0.2, 0.25) is 5.91 Å². The molecule has 0 bridgehead atoms. The summed E-state index contributed by atoms with van der Waals surface area (Å²) in [5.74, 6) is -1.06. The molecule has 0 saturated carbocycles. The van der Waals surface area contributed by atoms with Crippen molar-refractivity contribution >= 4 is 29.3 Å². The van der Waals surface area contributed by atoms with Crippen LogP contribution in [0.1, 0.15) is 51.7 Å². The number of benzene rings is 1. The van der Waals surface area contributed by atoms with E-state index >= 15 is 0 Å². The number of aromatic nitrogens is 1. The number of nitrogens with one attached hydrogen (secondary N) is 1. The minimum absolute atomic E-state index is 0.0788. The van der Waals surface area contributed by atoms with E-state index in [1.807, 2.05) is 49.4 Å². The first-order chi connectivity index (χ1) is 11.5. The molecule has 24 heavy (non-hydrogen) atoms. The van der Waals surface area contributed by atoms with E-state index in [0.717, 1.165) is 16.9 Å². The smallest absolute Gasteiger partial charge is 0.347 e. The van der Waals surface area contributed by atoms with Gasteiger partial charge in [0, 0.05) is 6.42 Å². The Morgan fingerprint density at radius 3 is 2.67 bits per heavy atom. The molecule has 6 heteroatoms. The maximum absolute atomic E-state index is 12.0. The average molecular weight is 344 g/mol. The Morgan fingerprint density at radius 1 is 1.33 bits per heavy atom. The van der Waals surface area contributed by atoms with Crippen LogP contribution in [0.5, 0.6) is 0 Å². The van der Waals surface area contributed by atoms with Gasteiger partial charge in [0.05, 0.1) is 11.7 Å². The summed E-state index contributed by atoms with van der Waals surface area (Å²) in [4.78, 5) is 27.5. The fourth-order valence-corrected chi connectivity index (χ4v) is 3.08. The second kappa shape index (κ2) is 8.40. The highest BCUT2D eigenvalue weighted by atomic mass is 32.1. The molecule has 0 spiro atoms. The van der Waals surface area contributed by atoms with Gasteiger partial charge in [-0.1, -0.05) is 42.5 Å². The summed E-state index contributed by atoms with van der Waals surface area (Å²) in [5.41, 5.74) is 1.58. The van der Waals surface area contributed by atoms with Crippen molar-refractivity contribution in [3.8, 4) is 0 Å². The molecule has 1 aromatic heterocycles. The highest BCUT2D eigenvalue weighted by Crippen LogP contribution is 2.23. The van der Waals surface area contributed by atoms with Crippen LogP contribution in [0.25, 0.3) is 6.08 Å². The third kappa shape index (κ3) is 5.03. The van der Waals surface area contributed by atoms with Crippen molar-refractivity contribution in [3.63, 3.8) is 0 Å². The van der Waals surface area contributed by atoms with Gasteiger partial charge in [-0.25, -0.2) is 9.78 Å². The van der Waals surface area contributed by atoms with Crippen molar-refractivity contribution in [1.29, 1.82) is 0 Å². The number of allylic oxidation sites excluding steroid dienone is 1. The van der Waals surface area contributed by atoms with E-state index in [-0.39, 0.29) is 16.8 Å². The fourth-order valence-electron chi connectivity index (χ4n) is 2.17. The molecule has 1 atom stereocenters. The molecule has 0 radical (unpaired) electrons. The summed E-state index contributed by atoms with van der Waals surface area (Å²) in [7, 11) is 0. The Labute approximate surface area is 145 Å².